The highest BCUT2D eigenvalue weighted by Crippen LogP contribution is 2.45. The first-order chi connectivity index (χ1) is 23.0. The SMILES string of the molecule is CCCCCCCCOc1ccc(-c2ccc(-c3ccc(C4CCC(C5CCC(CCCCC)CC5)CC4)cc3F)cc2)c(F)c1F. The molecule has 1 nitrogen and oxygen atoms in total. The fourth-order valence-electron chi connectivity index (χ4n) is 8.33. The van der Waals surface area contributed by atoms with Crippen LogP contribution < -0.4 is 4.74 Å². The molecule has 2 fully saturated rings. The quantitative estimate of drug-likeness (QED) is 0.141. The fourth-order valence-corrected chi connectivity index (χ4v) is 8.33. The van der Waals surface area contributed by atoms with Crippen LogP contribution in [0.1, 0.15) is 141 Å². The number of benzene rings is 3. The summed E-state index contributed by atoms with van der Waals surface area (Å²) >= 11 is 0. The van der Waals surface area contributed by atoms with Crippen LogP contribution >= 0.6 is 0 Å². The molecule has 0 atom stereocenters. The third-order valence-electron chi connectivity index (χ3n) is 11.3. The first-order valence-corrected chi connectivity index (χ1v) is 19.0. The van der Waals surface area contributed by atoms with Crippen molar-refractivity contribution in [3.8, 4) is 28.0 Å². The van der Waals surface area contributed by atoms with Gasteiger partial charge in [-0.15, -0.1) is 0 Å². The lowest BCUT2D eigenvalue weighted by molar-refractivity contribution is 0.155. The number of rotatable bonds is 16. The van der Waals surface area contributed by atoms with Crippen molar-refractivity contribution >= 4 is 0 Å². The van der Waals surface area contributed by atoms with E-state index in [-0.39, 0.29) is 17.1 Å². The standard InChI is InChI=1S/C43H57F3O/c1-3-5-7-8-9-11-29-47-41-28-27-39(42(45)43(41)46)36-23-21-35(22-24-36)38-26-25-37(30-40(38)44)34-19-17-33(18-20-34)32-15-13-31(14-16-32)12-10-6-4-2/h21-28,30-34H,3-20,29H2,1-2H3. The first kappa shape index (κ1) is 35.6. The van der Waals surface area contributed by atoms with Gasteiger partial charge >= 0.3 is 0 Å². The zero-order valence-corrected chi connectivity index (χ0v) is 29.0. The van der Waals surface area contributed by atoms with Gasteiger partial charge in [0.15, 0.2) is 11.6 Å². The number of halogens is 3. The molecule has 0 aliphatic heterocycles. The van der Waals surface area contributed by atoms with Crippen LogP contribution in [0.5, 0.6) is 5.75 Å². The molecule has 0 unspecified atom stereocenters. The highest BCUT2D eigenvalue weighted by Gasteiger charge is 2.31. The summed E-state index contributed by atoms with van der Waals surface area (Å²) in [5.41, 5.74) is 3.09. The van der Waals surface area contributed by atoms with E-state index in [9.17, 15) is 4.39 Å². The van der Waals surface area contributed by atoms with E-state index < -0.39 is 11.6 Å². The van der Waals surface area contributed by atoms with E-state index in [1.807, 2.05) is 6.07 Å². The van der Waals surface area contributed by atoms with Crippen LogP contribution in [0.2, 0.25) is 0 Å². The molecule has 0 bridgehead atoms. The van der Waals surface area contributed by atoms with E-state index in [4.69, 9.17) is 4.74 Å². The minimum Gasteiger partial charge on any atom is -0.490 e. The average Bonchev–Trinajstić information content (AvgIpc) is 3.10. The van der Waals surface area contributed by atoms with Crippen molar-refractivity contribution in [2.45, 2.75) is 135 Å². The fraction of sp³-hybridized carbons (Fsp3) is 0.581. The second kappa shape index (κ2) is 18.1. The Morgan fingerprint density at radius 1 is 0.574 bits per heavy atom. The Morgan fingerprint density at radius 2 is 1.15 bits per heavy atom. The van der Waals surface area contributed by atoms with Gasteiger partial charge in [0.1, 0.15) is 5.82 Å². The summed E-state index contributed by atoms with van der Waals surface area (Å²) in [5, 5.41) is 0. The monoisotopic (exact) mass is 646 g/mol. The zero-order chi connectivity index (χ0) is 33.0. The Labute approximate surface area is 282 Å². The highest BCUT2D eigenvalue weighted by atomic mass is 19.2. The maximum Gasteiger partial charge on any atom is 0.201 e. The van der Waals surface area contributed by atoms with Crippen LogP contribution in [-0.4, -0.2) is 6.61 Å². The van der Waals surface area contributed by atoms with Gasteiger partial charge in [-0.1, -0.05) is 121 Å². The molecule has 0 heterocycles. The van der Waals surface area contributed by atoms with Crippen LogP contribution in [0.3, 0.4) is 0 Å². The van der Waals surface area contributed by atoms with Gasteiger partial charge in [0.2, 0.25) is 5.82 Å². The van der Waals surface area contributed by atoms with Gasteiger partial charge in [-0.25, -0.2) is 8.78 Å². The van der Waals surface area contributed by atoms with Gasteiger partial charge in [-0.2, -0.15) is 4.39 Å². The van der Waals surface area contributed by atoms with Crippen molar-refractivity contribution < 1.29 is 17.9 Å². The highest BCUT2D eigenvalue weighted by molar-refractivity contribution is 5.71. The zero-order valence-electron chi connectivity index (χ0n) is 29.0. The van der Waals surface area contributed by atoms with Crippen molar-refractivity contribution in [1.29, 1.82) is 0 Å². The summed E-state index contributed by atoms with van der Waals surface area (Å²) in [6.45, 7) is 4.85. The largest absolute Gasteiger partial charge is 0.490 e. The van der Waals surface area contributed by atoms with Gasteiger partial charge in [0, 0.05) is 11.1 Å². The molecular weight excluding hydrogens is 589 g/mol. The van der Waals surface area contributed by atoms with E-state index in [1.165, 1.54) is 89.5 Å². The van der Waals surface area contributed by atoms with Crippen LogP contribution in [0, 0.1) is 35.2 Å². The molecule has 5 rings (SSSR count). The van der Waals surface area contributed by atoms with Crippen LogP contribution in [0.4, 0.5) is 13.2 Å². The van der Waals surface area contributed by atoms with E-state index in [0.29, 0.717) is 23.7 Å². The second-order valence-electron chi connectivity index (χ2n) is 14.6. The molecule has 47 heavy (non-hydrogen) atoms. The van der Waals surface area contributed by atoms with Gasteiger partial charge in [-0.3, -0.25) is 0 Å². The summed E-state index contributed by atoms with van der Waals surface area (Å²) in [6.07, 6.45) is 22.7. The molecule has 0 radical (unpaired) electrons. The summed E-state index contributed by atoms with van der Waals surface area (Å²) in [6, 6.07) is 15.8. The maximum atomic E-state index is 15.5. The number of ether oxygens (including phenoxy) is 1. The molecule has 4 heteroatoms. The molecule has 0 aromatic heterocycles. The maximum absolute atomic E-state index is 15.5. The third-order valence-corrected chi connectivity index (χ3v) is 11.3. The normalized spacial score (nSPS) is 21.6. The van der Waals surface area contributed by atoms with E-state index in [1.54, 1.807) is 36.4 Å². The molecule has 0 spiro atoms. The summed E-state index contributed by atoms with van der Waals surface area (Å²) < 4.78 is 50.9. The summed E-state index contributed by atoms with van der Waals surface area (Å²) in [7, 11) is 0. The van der Waals surface area contributed by atoms with Crippen LogP contribution in [-0.2, 0) is 0 Å². The minimum absolute atomic E-state index is 0.0487. The Morgan fingerprint density at radius 3 is 1.81 bits per heavy atom. The van der Waals surface area contributed by atoms with E-state index >= 15 is 8.78 Å². The van der Waals surface area contributed by atoms with Crippen molar-refractivity contribution in [3.63, 3.8) is 0 Å². The predicted octanol–water partition coefficient (Wildman–Crippen LogP) is 13.8. The smallest absolute Gasteiger partial charge is 0.201 e. The number of hydrogen-bond acceptors (Lipinski definition) is 1. The molecule has 2 aliphatic carbocycles. The topological polar surface area (TPSA) is 9.23 Å². The van der Waals surface area contributed by atoms with E-state index in [0.717, 1.165) is 61.0 Å². The third kappa shape index (κ3) is 9.67. The second-order valence-corrected chi connectivity index (χ2v) is 14.6. The molecule has 3 aromatic carbocycles. The predicted molar refractivity (Wildman–Crippen MR) is 190 cm³/mol. The molecule has 0 saturated heterocycles. The lowest BCUT2D eigenvalue weighted by Gasteiger charge is -2.38. The lowest BCUT2D eigenvalue weighted by Crippen LogP contribution is -2.25. The number of unbranched alkanes of at least 4 members (excludes halogenated alkanes) is 7. The molecular formula is C43H57F3O. The van der Waals surface area contributed by atoms with E-state index in [2.05, 4.69) is 19.9 Å². The molecule has 2 aliphatic rings. The van der Waals surface area contributed by atoms with Gasteiger partial charge < -0.3 is 4.74 Å². The Kier molecular flexibility index (Phi) is 13.7. The Bertz CT molecular complexity index is 1370. The van der Waals surface area contributed by atoms with Gasteiger partial charge in [0.05, 0.1) is 6.61 Å². The van der Waals surface area contributed by atoms with Gasteiger partial charge in [0.25, 0.3) is 0 Å². The minimum atomic E-state index is -0.960. The lowest BCUT2D eigenvalue weighted by atomic mass is 9.68. The molecule has 2 saturated carbocycles. The van der Waals surface area contributed by atoms with Crippen molar-refractivity contribution in [1.82, 2.24) is 0 Å². The van der Waals surface area contributed by atoms with Crippen LogP contribution in [0.15, 0.2) is 54.6 Å². The Balaban J connectivity index is 1.12. The molecule has 256 valence electrons. The summed E-state index contributed by atoms with van der Waals surface area (Å²) in [5.74, 6) is 0.983. The average molecular weight is 647 g/mol. The molecule has 0 amide bonds. The summed E-state index contributed by atoms with van der Waals surface area (Å²) in [4.78, 5) is 0. The molecule has 3 aromatic rings. The molecule has 0 N–H and O–H groups in total. The van der Waals surface area contributed by atoms with Crippen molar-refractivity contribution in [2.24, 2.45) is 17.8 Å². The van der Waals surface area contributed by atoms with Crippen molar-refractivity contribution in [3.05, 3.63) is 77.6 Å². The Hall–Kier alpha value is -2.75. The van der Waals surface area contributed by atoms with Crippen LogP contribution in [0.25, 0.3) is 22.3 Å². The first-order valence-electron chi connectivity index (χ1n) is 19.0. The van der Waals surface area contributed by atoms with Gasteiger partial charge in [-0.05, 0) is 104 Å². The number of hydrogen-bond donors (Lipinski definition) is 0. The van der Waals surface area contributed by atoms with Crippen molar-refractivity contribution in [2.75, 3.05) is 6.61 Å².